The van der Waals surface area contributed by atoms with Gasteiger partial charge in [0.15, 0.2) is 0 Å². The molecule has 0 bridgehead atoms. The van der Waals surface area contributed by atoms with Crippen LogP contribution in [0.2, 0.25) is 0 Å². The first kappa shape index (κ1) is 24.0. The van der Waals surface area contributed by atoms with Crippen molar-refractivity contribution in [2.75, 3.05) is 26.2 Å². The van der Waals surface area contributed by atoms with Gasteiger partial charge in [0.25, 0.3) is 0 Å². The Morgan fingerprint density at radius 3 is 2.11 bits per heavy atom. The molecule has 0 amide bonds. The second-order valence-corrected chi connectivity index (χ2v) is 6.68. The van der Waals surface area contributed by atoms with Gasteiger partial charge in [-0.25, -0.2) is 0 Å². The first-order valence-electron chi connectivity index (χ1n) is 7.99. The fourth-order valence-corrected chi connectivity index (χ4v) is 3.58. The number of halogens is 6. The number of hydrogen-bond acceptors (Lipinski definition) is 3. The van der Waals surface area contributed by atoms with Crippen LogP contribution in [0.3, 0.4) is 0 Å². The van der Waals surface area contributed by atoms with Gasteiger partial charge in [0.1, 0.15) is 5.75 Å². The molecule has 0 spiro atoms. The summed E-state index contributed by atoms with van der Waals surface area (Å²) in [5.41, 5.74) is 2.03. The van der Waals surface area contributed by atoms with E-state index in [1.54, 1.807) is 12.1 Å². The topological polar surface area (TPSA) is 24.5 Å². The van der Waals surface area contributed by atoms with Crippen LogP contribution in [0.1, 0.15) is 17.2 Å². The molecule has 0 aliphatic carbocycles. The largest absolute Gasteiger partial charge is 0.573 e. The van der Waals surface area contributed by atoms with E-state index in [4.69, 9.17) is 0 Å². The average molecular weight is 488 g/mol. The van der Waals surface area contributed by atoms with E-state index in [1.807, 2.05) is 24.3 Å². The second-order valence-electron chi connectivity index (χ2n) is 5.83. The maximum absolute atomic E-state index is 12.4. The molecule has 1 atom stereocenters. The fourth-order valence-electron chi connectivity index (χ4n) is 3.08. The third kappa shape index (κ3) is 6.54. The number of rotatable bonds is 4. The first-order valence-corrected chi connectivity index (χ1v) is 8.78. The summed E-state index contributed by atoms with van der Waals surface area (Å²) in [5.74, 6) is -0.206. The van der Waals surface area contributed by atoms with Crippen LogP contribution in [-0.2, 0) is 0 Å². The molecule has 1 fully saturated rings. The number of ether oxygens (including phenoxy) is 1. The summed E-state index contributed by atoms with van der Waals surface area (Å²) in [5, 5.41) is 3.32. The monoisotopic (exact) mass is 486 g/mol. The Morgan fingerprint density at radius 2 is 1.56 bits per heavy atom. The van der Waals surface area contributed by atoms with E-state index in [2.05, 4.69) is 30.9 Å². The smallest absolute Gasteiger partial charge is 0.406 e. The Bertz CT molecular complexity index is 710. The van der Waals surface area contributed by atoms with Crippen LogP contribution in [0.15, 0.2) is 53.0 Å². The Labute approximate surface area is 177 Å². The molecule has 1 saturated heterocycles. The van der Waals surface area contributed by atoms with E-state index in [-0.39, 0.29) is 36.6 Å². The van der Waals surface area contributed by atoms with Crippen molar-refractivity contribution in [2.45, 2.75) is 12.4 Å². The molecule has 2 aromatic rings. The lowest BCUT2D eigenvalue weighted by Crippen LogP contribution is -2.45. The molecule has 0 radical (unpaired) electrons. The van der Waals surface area contributed by atoms with Crippen molar-refractivity contribution in [3.63, 3.8) is 0 Å². The van der Waals surface area contributed by atoms with Crippen molar-refractivity contribution in [2.24, 2.45) is 0 Å². The van der Waals surface area contributed by atoms with Crippen molar-refractivity contribution < 1.29 is 17.9 Å². The molecule has 3 rings (SSSR count). The van der Waals surface area contributed by atoms with Crippen LogP contribution in [0.5, 0.6) is 5.75 Å². The van der Waals surface area contributed by atoms with Crippen molar-refractivity contribution in [3.05, 3.63) is 64.1 Å². The van der Waals surface area contributed by atoms with Gasteiger partial charge in [-0.15, -0.1) is 38.0 Å². The van der Waals surface area contributed by atoms with E-state index in [1.165, 1.54) is 12.1 Å². The summed E-state index contributed by atoms with van der Waals surface area (Å²) >= 11 is 3.60. The third-order valence-corrected chi connectivity index (χ3v) is 4.87. The lowest BCUT2D eigenvalue weighted by atomic mass is 9.96. The zero-order valence-electron chi connectivity index (χ0n) is 14.2. The second kappa shape index (κ2) is 10.5. The van der Waals surface area contributed by atoms with Crippen molar-refractivity contribution >= 4 is 40.7 Å². The van der Waals surface area contributed by atoms with Crippen molar-refractivity contribution in [1.82, 2.24) is 10.2 Å². The lowest BCUT2D eigenvalue weighted by molar-refractivity contribution is -0.274. The number of alkyl halides is 3. The van der Waals surface area contributed by atoms with Crippen molar-refractivity contribution in [1.29, 1.82) is 0 Å². The van der Waals surface area contributed by atoms with Crippen LogP contribution in [0.25, 0.3) is 0 Å². The summed E-state index contributed by atoms with van der Waals surface area (Å²) in [4.78, 5) is 2.33. The molecule has 3 nitrogen and oxygen atoms in total. The molecule has 1 aliphatic rings. The van der Waals surface area contributed by atoms with Gasteiger partial charge >= 0.3 is 6.36 Å². The third-order valence-electron chi connectivity index (χ3n) is 4.15. The van der Waals surface area contributed by atoms with Crippen LogP contribution in [0.4, 0.5) is 13.2 Å². The van der Waals surface area contributed by atoms with Gasteiger partial charge in [0.05, 0.1) is 6.04 Å². The molecule has 1 heterocycles. The van der Waals surface area contributed by atoms with Gasteiger partial charge in [-0.3, -0.25) is 4.90 Å². The van der Waals surface area contributed by atoms with Gasteiger partial charge in [-0.2, -0.15) is 0 Å². The van der Waals surface area contributed by atoms with Crippen LogP contribution < -0.4 is 10.1 Å². The minimum Gasteiger partial charge on any atom is -0.406 e. The highest BCUT2D eigenvalue weighted by Gasteiger charge is 2.31. The standard InChI is InChI=1S/C18H18BrF3N2O.2ClH/c19-16-4-2-1-3-15(16)17(24-11-9-23-10-12-24)13-5-7-14(8-6-13)25-18(20,21)22;;/h1-8,17,23H,9-12H2;2*1H/t17-;;/m0../s1. The van der Waals surface area contributed by atoms with Gasteiger partial charge in [0.2, 0.25) is 0 Å². The predicted molar refractivity (Wildman–Crippen MR) is 108 cm³/mol. The average Bonchev–Trinajstić information content (AvgIpc) is 2.58. The molecule has 27 heavy (non-hydrogen) atoms. The molecular formula is C18H20BrCl2F3N2O. The summed E-state index contributed by atoms with van der Waals surface area (Å²) in [7, 11) is 0. The Morgan fingerprint density at radius 1 is 0.963 bits per heavy atom. The van der Waals surface area contributed by atoms with Gasteiger partial charge in [0, 0.05) is 30.7 Å². The Balaban J connectivity index is 0.00000182. The predicted octanol–water partition coefficient (Wildman–Crippen LogP) is 5.19. The van der Waals surface area contributed by atoms with Gasteiger partial charge < -0.3 is 10.1 Å². The highest BCUT2D eigenvalue weighted by Crippen LogP contribution is 2.35. The minimum absolute atomic E-state index is 0. The summed E-state index contributed by atoms with van der Waals surface area (Å²) in [6.45, 7) is 3.51. The first-order chi connectivity index (χ1) is 11.9. The molecule has 2 aromatic carbocycles. The van der Waals surface area contributed by atoms with Crippen LogP contribution in [0, 0.1) is 0 Å². The quantitative estimate of drug-likeness (QED) is 0.642. The van der Waals surface area contributed by atoms with Crippen molar-refractivity contribution in [3.8, 4) is 5.75 Å². The number of piperazine rings is 1. The molecule has 1 N–H and O–H groups in total. The summed E-state index contributed by atoms with van der Waals surface area (Å²) in [6.07, 6.45) is -4.68. The highest BCUT2D eigenvalue weighted by atomic mass is 79.9. The number of nitrogens with zero attached hydrogens (tertiary/aromatic N) is 1. The maximum Gasteiger partial charge on any atom is 0.573 e. The number of benzene rings is 2. The summed E-state index contributed by atoms with van der Waals surface area (Å²) in [6, 6.07) is 14.0. The van der Waals surface area contributed by atoms with Gasteiger partial charge in [-0.05, 0) is 29.3 Å². The zero-order valence-corrected chi connectivity index (χ0v) is 17.4. The minimum atomic E-state index is -4.68. The Kier molecular flexibility index (Phi) is 9.38. The van der Waals surface area contributed by atoms with E-state index in [0.29, 0.717) is 0 Å². The van der Waals surface area contributed by atoms with E-state index >= 15 is 0 Å². The molecule has 9 heteroatoms. The highest BCUT2D eigenvalue weighted by molar-refractivity contribution is 9.10. The Hall–Kier alpha value is -0.990. The zero-order chi connectivity index (χ0) is 17.9. The summed E-state index contributed by atoms with van der Waals surface area (Å²) < 4.78 is 42.1. The molecule has 0 saturated carbocycles. The number of hydrogen-bond donors (Lipinski definition) is 1. The molecule has 1 aliphatic heterocycles. The van der Waals surface area contributed by atoms with E-state index < -0.39 is 6.36 Å². The van der Waals surface area contributed by atoms with E-state index in [0.717, 1.165) is 41.8 Å². The molecular weight excluding hydrogens is 468 g/mol. The maximum atomic E-state index is 12.4. The fraction of sp³-hybridized carbons (Fsp3) is 0.333. The lowest BCUT2D eigenvalue weighted by Gasteiger charge is -2.36. The SMILES string of the molecule is Cl.Cl.FC(F)(F)Oc1ccc([C@@H](c2ccccc2Br)N2CCNCC2)cc1. The normalized spacial score (nSPS) is 16.0. The molecule has 0 aromatic heterocycles. The molecule has 150 valence electrons. The number of nitrogens with one attached hydrogen (secondary N) is 1. The van der Waals surface area contributed by atoms with E-state index in [9.17, 15) is 13.2 Å². The van der Waals surface area contributed by atoms with Gasteiger partial charge in [-0.1, -0.05) is 46.3 Å². The molecule has 0 unspecified atom stereocenters. The van der Waals surface area contributed by atoms with Crippen LogP contribution >= 0.6 is 40.7 Å². The van der Waals surface area contributed by atoms with Crippen LogP contribution in [-0.4, -0.2) is 37.4 Å².